The van der Waals surface area contributed by atoms with E-state index in [0.29, 0.717) is 16.7 Å². The maximum absolute atomic E-state index is 12.8. The standard InChI is InChI=1S/C21H19N3O2/c1-14-15(16-6-2-4-8-18(16)22-14)10-11-20-23-19-9-5-3-7-17(19)21(26)24(20)12-13-25/h2-11,22,25H,12-13H2,1H3/b11-10+. The largest absolute Gasteiger partial charge is 0.395 e. The van der Waals surface area contributed by atoms with Crippen LogP contribution in [-0.4, -0.2) is 26.2 Å². The number of benzene rings is 2. The fourth-order valence-electron chi connectivity index (χ4n) is 3.30. The molecule has 0 aliphatic rings. The number of fused-ring (bicyclic) bond motifs is 2. The minimum absolute atomic E-state index is 0.118. The van der Waals surface area contributed by atoms with Gasteiger partial charge in [-0.15, -0.1) is 0 Å². The number of nitrogens with zero attached hydrogens (tertiary/aromatic N) is 2. The summed E-state index contributed by atoms with van der Waals surface area (Å²) in [5.41, 5.74) is 3.71. The molecule has 5 nitrogen and oxygen atoms in total. The average Bonchev–Trinajstić information content (AvgIpc) is 2.98. The summed E-state index contributed by atoms with van der Waals surface area (Å²) < 4.78 is 1.52. The molecule has 0 saturated carbocycles. The zero-order valence-electron chi connectivity index (χ0n) is 14.4. The van der Waals surface area contributed by atoms with Gasteiger partial charge in [0.2, 0.25) is 0 Å². The molecule has 2 N–H and O–H groups in total. The summed E-state index contributed by atoms with van der Waals surface area (Å²) in [6, 6.07) is 15.4. The molecule has 0 amide bonds. The predicted octanol–water partition coefficient (Wildman–Crippen LogP) is 3.35. The summed E-state index contributed by atoms with van der Waals surface area (Å²) in [7, 11) is 0. The maximum Gasteiger partial charge on any atom is 0.261 e. The van der Waals surface area contributed by atoms with Crippen LogP contribution in [0.15, 0.2) is 53.3 Å². The maximum atomic E-state index is 12.8. The lowest BCUT2D eigenvalue weighted by molar-refractivity contribution is 0.273. The second kappa shape index (κ2) is 6.61. The first-order chi connectivity index (χ1) is 12.7. The third kappa shape index (κ3) is 2.72. The Labute approximate surface area is 150 Å². The third-order valence-electron chi connectivity index (χ3n) is 4.56. The first-order valence-electron chi connectivity index (χ1n) is 8.55. The SMILES string of the molecule is Cc1[nH]c2ccccc2c1/C=C/c1nc2ccccc2c(=O)n1CCO. The molecular formula is C21H19N3O2. The van der Waals surface area contributed by atoms with Crippen LogP contribution in [0.2, 0.25) is 0 Å². The van der Waals surface area contributed by atoms with E-state index in [1.165, 1.54) is 4.57 Å². The average molecular weight is 345 g/mol. The highest BCUT2D eigenvalue weighted by Crippen LogP contribution is 2.23. The van der Waals surface area contributed by atoms with Crippen LogP contribution in [0.3, 0.4) is 0 Å². The second-order valence-corrected chi connectivity index (χ2v) is 6.21. The Kier molecular flexibility index (Phi) is 4.14. The number of hydrogen-bond acceptors (Lipinski definition) is 3. The topological polar surface area (TPSA) is 70.9 Å². The van der Waals surface area contributed by atoms with E-state index in [-0.39, 0.29) is 18.7 Å². The number of aliphatic hydroxyl groups is 1. The van der Waals surface area contributed by atoms with Gasteiger partial charge in [-0.2, -0.15) is 0 Å². The minimum Gasteiger partial charge on any atom is -0.395 e. The summed E-state index contributed by atoms with van der Waals surface area (Å²) in [4.78, 5) is 20.7. The lowest BCUT2D eigenvalue weighted by atomic mass is 10.1. The van der Waals surface area contributed by atoms with Gasteiger partial charge < -0.3 is 10.1 Å². The number of aryl methyl sites for hydroxylation is 1. The van der Waals surface area contributed by atoms with E-state index in [4.69, 9.17) is 0 Å². The van der Waals surface area contributed by atoms with E-state index >= 15 is 0 Å². The van der Waals surface area contributed by atoms with E-state index in [1.807, 2.05) is 55.5 Å². The molecular weight excluding hydrogens is 326 g/mol. The van der Waals surface area contributed by atoms with Crippen LogP contribution in [0.4, 0.5) is 0 Å². The molecule has 0 bridgehead atoms. The van der Waals surface area contributed by atoms with Crippen molar-refractivity contribution in [1.29, 1.82) is 0 Å². The molecule has 0 unspecified atom stereocenters. The van der Waals surface area contributed by atoms with Crippen molar-refractivity contribution in [2.24, 2.45) is 0 Å². The highest BCUT2D eigenvalue weighted by atomic mass is 16.3. The minimum atomic E-state index is -0.139. The number of hydrogen-bond donors (Lipinski definition) is 2. The molecule has 26 heavy (non-hydrogen) atoms. The van der Waals surface area contributed by atoms with Crippen LogP contribution in [0, 0.1) is 6.92 Å². The Balaban J connectivity index is 1.88. The van der Waals surface area contributed by atoms with Gasteiger partial charge in [0.25, 0.3) is 5.56 Å². The smallest absolute Gasteiger partial charge is 0.261 e. The monoisotopic (exact) mass is 345 g/mol. The molecule has 4 rings (SSSR count). The fraction of sp³-hybridized carbons (Fsp3) is 0.143. The molecule has 0 aliphatic heterocycles. The van der Waals surface area contributed by atoms with Gasteiger partial charge in [-0.25, -0.2) is 4.98 Å². The van der Waals surface area contributed by atoms with Crippen LogP contribution in [0.5, 0.6) is 0 Å². The van der Waals surface area contributed by atoms with E-state index in [2.05, 4.69) is 16.0 Å². The van der Waals surface area contributed by atoms with E-state index in [1.54, 1.807) is 6.07 Å². The molecule has 0 aliphatic carbocycles. The van der Waals surface area contributed by atoms with Crippen molar-refractivity contribution in [2.45, 2.75) is 13.5 Å². The van der Waals surface area contributed by atoms with Crippen molar-refractivity contribution in [3.8, 4) is 0 Å². The first kappa shape index (κ1) is 16.3. The molecule has 2 aromatic carbocycles. The van der Waals surface area contributed by atoms with Crippen LogP contribution in [0.1, 0.15) is 17.1 Å². The van der Waals surface area contributed by atoms with Crippen molar-refractivity contribution in [1.82, 2.24) is 14.5 Å². The normalized spacial score (nSPS) is 11.8. The summed E-state index contributed by atoms with van der Waals surface area (Å²) in [5.74, 6) is 0.535. The van der Waals surface area contributed by atoms with Crippen molar-refractivity contribution in [3.63, 3.8) is 0 Å². The van der Waals surface area contributed by atoms with Gasteiger partial charge in [-0.05, 0) is 37.3 Å². The molecule has 0 saturated heterocycles. The number of aliphatic hydroxyl groups excluding tert-OH is 1. The van der Waals surface area contributed by atoms with Gasteiger partial charge in [-0.1, -0.05) is 30.3 Å². The van der Waals surface area contributed by atoms with Crippen LogP contribution in [0.25, 0.3) is 34.0 Å². The number of para-hydroxylation sites is 2. The number of H-pyrrole nitrogens is 1. The third-order valence-corrected chi connectivity index (χ3v) is 4.56. The predicted molar refractivity (Wildman–Crippen MR) is 105 cm³/mol. The van der Waals surface area contributed by atoms with E-state index in [9.17, 15) is 9.90 Å². The molecule has 130 valence electrons. The Morgan fingerprint density at radius 1 is 1.08 bits per heavy atom. The van der Waals surface area contributed by atoms with E-state index in [0.717, 1.165) is 22.2 Å². The number of aromatic nitrogens is 3. The van der Waals surface area contributed by atoms with Gasteiger partial charge in [-0.3, -0.25) is 9.36 Å². The second-order valence-electron chi connectivity index (χ2n) is 6.21. The Hall–Kier alpha value is -3.18. The van der Waals surface area contributed by atoms with Crippen molar-refractivity contribution >= 4 is 34.0 Å². The molecule has 2 heterocycles. The zero-order valence-corrected chi connectivity index (χ0v) is 14.4. The lowest BCUT2D eigenvalue weighted by Crippen LogP contribution is -2.25. The Bertz CT molecular complexity index is 1190. The molecule has 0 atom stereocenters. The Morgan fingerprint density at radius 2 is 1.81 bits per heavy atom. The lowest BCUT2D eigenvalue weighted by Gasteiger charge is -2.09. The molecule has 0 fully saturated rings. The summed E-state index contributed by atoms with van der Waals surface area (Å²) in [6.07, 6.45) is 3.81. The highest BCUT2D eigenvalue weighted by Gasteiger charge is 2.09. The summed E-state index contributed by atoms with van der Waals surface area (Å²) >= 11 is 0. The van der Waals surface area contributed by atoms with Crippen molar-refractivity contribution < 1.29 is 5.11 Å². The number of nitrogens with one attached hydrogen (secondary N) is 1. The number of rotatable bonds is 4. The zero-order chi connectivity index (χ0) is 18.1. The molecule has 5 heteroatoms. The quantitative estimate of drug-likeness (QED) is 0.596. The first-order valence-corrected chi connectivity index (χ1v) is 8.55. The van der Waals surface area contributed by atoms with E-state index < -0.39 is 0 Å². The molecule has 0 radical (unpaired) electrons. The number of aromatic amines is 1. The molecule has 2 aromatic heterocycles. The van der Waals surface area contributed by atoms with Crippen molar-refractivity contribution in [2.75, 3.05) is 6.61 Å². The summed E-state index contributed by atoms with van der Waals surface area (Å²) in [5, 5.41) is 11.0. The fourth-order valence-corrected chi connectivity index (χ4v) is 3.30. The van der Waals surface area contributed by atoms with Gasteiger partial charge >= 0.3 is 0 Å². The van der Waals surface area contributed by atoms with Gasteiger partial charge in [0.05, 0.1) is 24.1 Å². The van der Waals surface area contributed by atoms with Crippen LogP contribution >= 0.6 is 0 Å². The van der Waals surface area contributed by atoms with Gasteiger partial charge in [0.1, 0.15) is 5.82 Å². The van der Waals surface area contributed by atoms with Crippen LogP contribution < -0.4 is 5.56 Å². The van der Waals surface area contributed by atoms with Crippen molar-refractivity contribution in [3.05, 3.63) is 76.0 Å². The molecule has 4 aromatic rings. The Morgan fingerprint density at radius 3 is 2.62 bits per heavy atom. The van der Waals surface area contributed by atoms with Gasteiger partial charge in [0.15, 0.2) is 0 Å². The summed E-state index contributed by atoms with van der Waals surface area (Å²) in [6.45, 7) is 2.12. The molecule has 0 spiro atoms. The highest BCUT2D eigenvalue weighted by molar-refractivity contribution is 5.93. The van der Waals surface area contributed by atoms with Gasteiger partial charge in [0, 0.05) is 22.2 Å². The van der Waals surface area contributed by atoms with Crippen LogP contribution in [-0.2, 0) is 6.54 Å².